The van der Waals surface area contributed by atoms with Gasteiger partial charge in [-0.15, -0.1) is 0 Å². The fourth-order valence-corrected chi connectivity index (χ4v) is 4.49. The molecular formula is C26H30N4O2. The topological polar surface area (TPSA) is 58.4 Å². The second-order valence-electron chi connectivity index (χ2n) is 8.72. The number of carbonyl (C=O) groups excluding carboxylic acids is 2. The molecule has 3 aromatic rings. The van der Waals surface area contributed by atoms with E-state index in [-0.39, 0.29) is 24.2 Å². The first-order valence-electron chi connectivity index (χ1n) is 11.0. The molecule has 1 aliphatic heterocycles. The minimum Gasteiger partial charge on any atom is -0.341 e. The van der Waals surface area contributed by atoms with Gasteiger partial charge in [-0.25, -0.2) is 4.68 Å². The van der Waals surface area contributed by atoms with E-state index in [1.54, 1.807) is 9.80 Å². The number of anilines is 1. The van der Waals surface area contributed by atoms with Gasteiger partial charge in [0.15, 0.2) is 0 Å². The summed E-state index contributed by atoms with van der Waals surface area (Å²) in [6.45, 7) is 8.96. The molecule has 1 atom stereocenters. The maximum atomic E-state index is 13.2. The van der Waals surface area contributed by atoms with Crippen molar-refractivity contribution >= 4 is 17.5 Å². The van der Waals surface area contributed by atoms with Crippen LogP contribution in [0.25, 0.3) is 5.69 Å². The van der Waals surface area contributed by atoms with E-state index in [0.717, 1.165) is 39.5 Å². The molecule has 2 heterocycles. The summed E-state index contributed by atoms with van der Waals surface area (Å²) >= 11 is 0. The first-order chi connectivity index (χ1) is 15.3. The summed E-state index contributed by atoms with van der Waals surface area (Å²) in [6.07, 6.45) is 0.248. The van der Waals surface area contributed by atoms with Crippen molar-refractivity contribution in [3.8, 4) is 5.69 Å². The quantitative estimate of drug-likeness (QED) is 0.612. The Balaban J connectivity index is 1.50. The third-order valence-corrected chi connectivity index (χ3v) is 6.55. The van der Waals surface area contributed by atoms with Crippen molar-refractivity contribution in [1.29, 1.82) is 0 Å². The fraction of sp³-hybridized carbons (Fsp3) is 0.346. The normalized spacial score (nSPS) is 16.0. The summed E-state index contributed by atoms with van der Waals surface area (Å²) in [4.78, 5) is 29.5. The molecule has 166 valence electrons. The Bertz CT molecular complexity index is 1170. The second kappa shape index (κ2) is 8.61. The zero-order valence-electron chi connectivity index (χ0n) is 19.4. The van der Waals surface area contributed by atoms with E-state index in [2.05, 4.69) is 5.10 Å². The monoisotopic (exact) mass is 430 g/mol. The zero-order chi connectivity index (χ0) is 23.0. The average molecular weight is 431 g/mol. The van der Waals surface area contributed by atoms with E-state index >= 15 is 0 Å². The van der Waals surface area contributed by atoms with Crippen molar-refractivity contribution in [3.05, 3.63) is 76.6 Å². The lowest BCUT2D eigenvalue weighted by Crippen LogP contribution is -2.34. The van der Waals surface area contributed by atoms with Crippen molar-refractivity contribution in [3.63, 3.8) is 0 Å². The summed E-state index contributed by atoms with van der Waals surface area (Å²) < 4.78 is 1.92. The van der Waals surface area contributed by atoms with E-state index in [1.165, 1.54) is 0 Å². The van der Waals surface area contributed by atoms with Crippen LogP contribution in [-0.4, -0.2) is 40.1 Å². The third kappa shape index (κ3) is 3.93. The average Bonchev–Trinajstić information content (AvgIpc) is 3.30. The zero-order valence-corrected chi connectivity index (χ0v) is 19.4. The van der Waals surface area contributed by atoms with Crippen LogP contribution in [0, 0.1) is 33.6 Å². The van der Waals surface area contributed by atoms with Gasteiger partial charge < -0.3 is 9.80 Å². The van der Waals surface area contributed by atoms with Crippen molar-refractivity contribution in [1.82, 2.24) is 14.7 Å². The first kappa shape index (κ1) is 21.8. The minimum absolute atomic E-state index is 0.00239. The number of hydrogen-bond acceptors (Lipinski definition) is 3. The van der Waals surface area contributed by atoms with E-state index in [0.29, 0.717) is 13.1 Å². The molecule has 1 fully saturated rings. The number of aryl methyl sites for hydroxylation is 2. The summed E-state index contributed by atoms with van der Waals surface area (Å²) in [5.74, 6) is -0.329. The number of para-hydroxylation sites is 1. The number of carbonyl (C=O) groups is 2. The van der Waals surface area contributed by atoms with E-state index < -0.39 is 0 Å². The largest absolute Gasteiger partial charge is 0.341 e. The van der Waals surface area contributed by atoms with Crippen LogP contribution >= 0.6 is 0 Å². The highest BCUT2D eigenvalue weighted by molar-refractivity contribution is 6.00. The number of benzene rings is 2. The van der Waals surface area contributed by atoms with Crippen LogP contribution in [0.1, 0.15) is 34.5 Å². The smallest absolute Gasteiger partial charge is 0.228 e. The Morgan fingerprint density at radius 2 is 1.78 bits per heavy atom. The van der Waals surface area contributed by atoms with E-state index in [9.17, 15) is 9.59 Å². The van der Waals surface area contributed by atoms with Gasteiger partial charge in [-0.2, -0.15) is 5.10 Å². The van der Waals surface area contributed by atoms with Crippen molar-refractivity contribution in [2.45, 2.75) is 40.7 Å². The van der Waals surface area contributed by atoms with Gasteiger partial charge in [0.25, 0.3) is 0 Å². The molecule has 0 saturated carbocycles. The lowest BCUT2D eigenvalue weighted by Gasteiger charge is -2.23. The fourth-order valence-electron chi connectivity index (χ4n) is 4.49. The molecule has 32 heavy (non-hydrogen) atoms. The highest BCUT2D eigenvalue weighted by Gasteiger charge is 2.37. The summed E-state index contributed by atoms with van der Waals surface area (Å²) in [6, 6.07) is 15.9. The maximum absolute atomic E-state index is 13.2. The molecule has 1 aromatic heterocycles. The molecule has 0 spiro atoms. The second-order valence-corrected chi connectivity index (χ2v) is 8.72. The van der Waals surface area contributed by atoms with Crippen molar-refractivity contribution < 1.29 is 9.59 Å². The van der Waals surface area contributed by atoms with Gasteiger partial charge in [0.2, 0.25) is 11.8 Å². The Labute approximate surface area is 189 Å². The molecule has 1 saturated heterocycles. The molecule has 1 aliphatic rings. The number of aromatic nitrogens is 2. The molecule has 0 bridgehead atoms. The van der Waals surface area contributed by atoms with Gasteiger partial charge in [-0.3, -0.25) is 9.59 Å². The van der Waals surface area contributed by atoms with Crippen LogP contribution in [0.2, 0.25) is 0 Å². The van der Waals surface area contributed by atoms with Crippen LogP contribution < -0.4 is 4.90 Å². The molecule has 4 rings (SSSR count). The highest BCUT2D eigenvalue weighted by Crippen LogP contribution is 2.30. The Morgan fingerprint density at radius 1 is 1.06 bits per heavy atom. The SMILES string of the molecule is Cc1cccc(N2C[C@@H](C(=O)N(C)Cc3c(C)nn(-c4ccccc4)c3C)CC2=O)c1C. The van der Waals surface area contributed by atoms with Crippen LogP contribution in [-0.2, 0) is 16.1 Å². The number of amides is 2. The molecular weight excluding hydrogens is 400 g/mol. The predicted molar refractivity (Wildman–Crippen MR) is 126 cm³/mol. The Kier molecular flexibility index (Phi) is 5.87. The number of rotatable bonds is 5. The Morgan fingerprint density at radius 3 is 2.50 bits per heavy atom. The van der Waals surface area contributed by atoms with Gasteiger partial charge in [0, 0.05) is 43.5 Å². The molecule has 2 aromatic carbocycles. The molecule has 0 N–H and O–H groups in total. The summed E-state index contributed by atoms with van der Waals surface area (Å²) in [5.41, 5.74) is 7.10. The molecule has 0 radical (unpaired) electrons. The molecule has 0 unspecified atom stereocenters. The van der Waals surface area contributed by atoms with Gasteiger partial charge in [-0.05, 0) is 57.0 Å². The highest BCUT2D eigenvalue weighted by atomic mass is 16.2. The van der Waals surface area contributed by atoms with Gasteiger partial charge in [-0.1, -0.05) is 30.3 Å². The van der Waals surface area contributed by atoms with Gasteiger partial charge in [0.1, 0.15) is 0 Å². The predicted octanol–water partition coefficient (Wildman–Crippen LogP) is 4.12. The summed E-state index contributed by atoms with van der Waals surface area (Å²) in [5, 5.41) is 4.69. The number of nitrogens with zero attached hydrogens (tertiary/aromatic N) is 4. The van der Waals surface area contributed by atoms with Crippen molar-refractivity contribution in [2.24, 2.45) is 5.92 Å². The molecule has 6 heteroatoms. The lowest BCUT2D eigenvalue weighted by atomic mass is 10.1. The lowest BCUT2D eigenvalue weighted by molar-refractivity contribution is -0.135. The van der Waals surface area contributed by atoms with Crippen molar-refractivity contribution in [2.75, 3.05) is 18.5 Å². The maximum Gasteiger partial charge on any atom is 0.228 e. The molecule has 0 aliphatic carbocycles. The van der Waals surface area contributed by atoms with Crippen LogP contribution in [0.5, 0.6) is 0 Å². The standard InChI is InChI=1S/C26H30N4O2/c1-17-10-9-13-24(18(17)2)29-15-21(14-25(29)31)26(32)28(5)16-23-19(3)27-30(20(23)4)22-11-7-6-8-12-22/h6-13,21H,14-16H2,1-5H3/t21-/m0/s1. The van der Waals surface area contributed by atoms with Crippen LogP contribution in [0.4, 0.5) is 5.69 Å². The minimum atomic E-state index is -0.336. The van der Waals surface area contributed by atoms with Gasteiger partial charge >= 0.3 is 0 Å². The Hall–Kier alpha value is -3.41. The molecule has 2 amide bonds. The molecule has 6 nitrogen and oxygen atoms in total. The van der Waals surface area contributed by atoms with E-state index in [1.807, 2.05) is 88.0 Å². The third-order valence-electron chi connectivity index (χ3n) is 6.55. The first-order valence-corrected chi connectivity index (χ1v) is 11.0. The van der Waals surface area contributed by atoms with Gasteiger partial charge in [0.05, 0.1) is 17.3 Å². The van der Waals surface area contributed by atoms with Crippen LogP contribution in [0.15, 0.2) is 48.5 Å². The number of hydrogen-bond donors (Lipinski definition) is 0. The van der Waals surface area contributed by atoms with Crippen LogP contribution in [0.3, 0.4) is 0 Å². The van der Waals surface area contributed by atoms with E-state index in [4.69, 9.17) is 0 Å². The summed E-state index contributed by atoms with van der Waals surface area (Å²) in [7, 11) is 1.81.